The summed E-state index contributed by atoms with van der Waals surface area (Å²) in [5.41, 5.74) is 0. The van der Waals surface area contributed by atoms with E-state index in [2.05, 4.69) is 15.5 Å². The first-order valence-electron chi connectivity index (χ1n) is 4.56. The lowest BCUT2D eigenvalue weighted by molar-refractivity contribution is -0.112. The van der Waals surface area contributed by atoms with Gasteiger partial charge in [0, 0.05) is 5.92 Å². The summed E-state index contributed by atoms with van der Waals surface area (Å²) >= 11 is 0. The van der Waals surface area contributed by atoms with E-state index in [1.165, 1.54) is 6.08 Å². The fourth-order valence-corrected chi connectivity index (χ4v) is 1.08. The van der Waals surface area contributed by atoms with E-state index >= 15 is 0 Å². The highest BCUT2D eigenvalue weighted by molar-refractivity contribution is 5.97. The Balaban J connectivity index is 1.98. The van der Waals surface area contributed by atoms with Gasteiger partial charge in [-0.3, -0.25) is 10.1 Å². The van der Waals surface area contributed by atoms with Gasteiger partial charge < -0.3 is 4.42 Å². The first-order valence-corrected chi connectivity index (χ1v) is 4.56. The fraction of sp³-hybridized carbons (Fsp3) is 0.444. The minimum absolute atomic E-state index is 0.176. The van der Waals surface area contributed by atoms with Gasteiger partial charge >= 0.3 is 6.01 Å². The highest BCUT2D eigenvalue weighted by Crippen LogP contribution is 2.39. The molecule has 5 heteroatoms. The molecule has 1 aromatic rings. The van der Waals surface area contributed by atoms with Crippen LogP contribution in [-0.4, -0.2) is 16.1 Å². The summed E-state index contributed by atoms with van der Waals surface area (Å²) in [4.78, 5) is 11.1. The SMILES string of the molecule is CC=CC(=O)Nc1nnc(C2CC2)o1. The molecule has 2 rings (SSSR count). The monoisotopic (exact) mass is 193 g/mol. The van der Waals surface area contributed by atoms with Gasteiger partial charge in [-0.15, -0.1) is 5.10 Å². The molecular formula is C9H11N3O2. The van der Waals surface area contributed by atoms with Gasteiger partial charge in [0.05, 0.1) is 0 Å². The molecule has 5 nitrogen and oxygen atoms in total. The highest BCUT2D eigenvalue weighted by atomic mass is 16.4. The molecule has 1 aliphatic carbocycles. The number of hydrogen-bond acceptors (Lipinski definition) is 4. The topological polar surface area (TPSA) is 68.0 Å². The molecule has 0 unspecified atom stereocenters. The number of anilines is 1. The number of carbonyl (C=O) groups excluding carboxylic acids is 1. The van der Waals surface area contributed by atoms with Gasteiger partial charge in [-0.2, -0.15) is 0 Å². The number of nitrogens with zero attached hydrogens (tertiary/aromatic N) is 2. The van der Waals surface area contributed by atoms with Crippen LogP contribution in [0, 0.1) is 0 Å². The molecule has 1 heterocycles. The van der Waals surface area contributed by atoms with E-state index in [-0.39, 0.29) is 11.9 Å². The summed E-state index contributed by atoms with van der Waals surface area (Å²) in [7, 11) is 0. The van der Waals surface area contributed by atoms with Crippen LogP contribution in [0.3, 0.4) is 0 Å². The molecule has 0 radical (unpaired) electrons. The van der Waals surface area contributed by atoms with Gasteiger partial charge in [-0.25, -0.2) is 0 Å². The standard InChI is InChI=1S/C9H11N3O2/c1-2-3-7(13)10-9-12-11-8(14-9)6-4-5-6/h2-3,6H,4-5H2,1H3,(H,10,12,13). The number of hydrogen-bond donors (Lipinski definition) is 1. The van der Waals surface area contributed by atoms with Crippen molar-refractivity contribution in [2.24, 2.45) is 0 Å². The van der Waals surface area contributed by atoms with Crippen LogP contribution in [-0.2, 0) is 4.79 Å². The van der Waals surface area contributed by atoms with Crippen molar-refractivity contribution in [3.8, 4) is 0 Å². The van der Waals surface area contributed by atoms with Gasteiger partial charge in [0.25, 0.3) is 5.91 Å². The van der Waals surface area contributed by atoms with Crippen molar-refractivity contribution in [3.05, 3.63) is 18.0 Å². The molecular weight excluding hydrogens is 182 g/mol. The second kappa shape index (κ2) is 3.61. The molecule has 0 aromatic carbocycles. The van der Waals surface area contributed by atoms with E-state index in [1.807, 2.05) is 0 Å². The third-order valence-corrected chi connectivity index (χ3v) is 1.92. The Morgan fingerprint density at radius 1 is 1.57 bits per heavy atom. The third kappa shape index (κ3) is 1.99. The predicted octanol–water partition coefficient (Wildman–Crippen LogP) is 1.46. The van der Waals surface area contributed by atoms with E-state index in [4.69, 9.17) is 4.42 Å². The number of allylic oxidation sites excluding steroid dienone is 1. The molecule has 1 saturated carbocycles. The molecule has 1 aromatic heterocycles. The highest BCUT2D eigenvalue weighted by Gasteiger charge is 2.29. The van der Waals surface area contributed by atoms with Crippen molar-refractivity contribution >= 4 is 11.9 Å². The Morgan fingerprint density at radius 2 is 2.36 bits per heavy atom. The summed E-state index contributed by atoms with van der Waals surface area (Å²) in [6, 6.07) is 0.176. The lowest BCUT2D eigenvalue weighted by Crippen LogP contribution is -2.07. The molecule has 74 valence electrons. The van der Waals surface area contributed by atoms with Crippen molar-refractivity contribution in [1.82, 2.24) is 10.2 Å². The lowest BCUT2D eigenvalue weighted by atomic mass is 10.4. The van der Waals surface area contributed by atoms with E-state index in [0.29, 0.717) is 11.8 Å². The second-order valence-corrected chi connectivity index (χ2v) is 3.21. The zero-order valence-corrected chi connectivity index (χ0v) is 7.86. The first kappa shape index (κ1) is 8.93. The van der Waals surface area contributed by atoms with Crippen LogP contribution in [0.25, 0.3) is 0 Å². The fourth-order valence-electron chi connectivity index (χ4n) is 1.08. The van der Waals surface area contributed by atoms with Crippen molar-refractivity contribution in [1.29, 1.82) is 0 Å². The van der Waals surface area contributed by atoms with Gasteiger partial charge in [-0.1, -0.05) is 11.2 Å². The number of nitrogens with one attached hydrogen (secondary N) is 1. The Hall–Kier alpha value is -1.65. The number of rotatable bonds is 3. The average Bonchev–Trinajstić information content (AvgIpc) is 2.89. The van der Waals surface area contributed by atoms with Crippen molar-refractivity contribution in [3.63, 3.8) is 0 Å². The number of amides is 1. The van der Waals surface area contributed by atoms with Gasteiger partial charge in [0.1, 0.15) is 0 Å². The van der Waals surface area contributed by atoms with Crippen molar-refractivity contribution in [2.45, 2.75) is 25.7 Å². The van der Waals surface area contributed by atoms with E-state index in [1.54, 1.807) is 13.0 Å². The molecule has 14 heavy (non-hydrogen) atoms. The van der Waals surface area contributed by atoms with Gasteiger partial charge in [-0.05, 0) is 25.8 Å². The molecule has 1 amide bonds. The van der Waals surface area contributed by atoms with Crippen molar-refractivity contribution in [2.75, 3.05) is 5.32 Å². The maximum atomic E-state index is 11.1. The summed E-state index contributed by atoms with van der Waals surface area (Å²) < 4.78 is 5.24. The van der Waals surface area contributed by atoms with Gasteiger partial charge in [0.15, 0.2) is 0 Å². The van der Waals surface area contributed by atoms with Crippen molar-refractivity contribution < 1.29 is 9.21 Å². The van der Waals surface area contributed by atoms with Crippen LogP contribution >= 0.6 is 0 Å². The van der Waals surface area contributed by atoms with Crippen LogP contribution < -0.4 is 5.32 Å². The summed E-state index contributed by atoms with van der Waals surface area (Å²) in [6.45, 7) is 1.77. The average molecular weight is 193 g/mol. The minimum Gasteiger partial charge on any atom is -0.408 e. The summed E-state index contributed by atoms with van der Waals surface area (Å²) in [6.07, 6.45) is 5.25. The molecule has 0 aliphatic heterocycles. The van der Waals surface area contributed by atoms with E-state index in [0.717, 1.165) is 12.8 Å². The zero-order valence-electron chi connectivity index (χ0n) is 7.86. The number of carbonyl (C=O) groups is 1. The van der Waals surface area contributed by atoms with Crippen LogP contribution in [0.4, 0.5) is 6.01 Å². The minimum atomic E-state index is -0.251. The van der Waals surface area contributed by atoms with Crippen LogP contribution in [0.1, 0.15) is 31.6 Å². The zero-order chi connectivity index (χ0) is 9.97. The molecule has 0 spiro atoms. The molecule has 1 fully saturated rings. The Bertz CT molecular complexity index is 366. The maximum absolute atomic E-state index is 11.1. The Labute approximate surface area is 81.2 Å². The summed E-state index contributed by atoms with van der Waals surface area (Å²) in [5, 5.41) is 10.0. The molecule has 1 aliphatic rings. The molecule has 0 bridgehead atoms. The maximum Gasteiger partial charge on any atom is 0.322 e. The molecule has 0 atom stereocenters. The lowest BCUT2D eigenvalue weighted by Gasteiger charge is -1.92. The second-order valence-electron chi connectivity index (χ2n) is 3.21. The quantitative estimate of drug-likeness (QED) is 0.738. The van der Waals surface area contributed by atoms with E-state index < -0.39 is 0 Å². The molecule has 1 N–H and O–H groups in total. The third-order valence-electron chi connectivity index (χ3n) is 1.92. The van der Waals surface area contributed by atoms with Crippen LogP contribution in [0.2, 0.25) is 0 Å². The Morgan fingerprint density at radius 3 is 3.00 bits per heavy atom. The van der Waals surface area contributed by atoms with E-state index in [9.17, 15) is 4.79 Å². The van der Waals surface area contributed by atoms with Crippen LogP contribution in [0.5, 0.6) is 0 Å². The smallest absolute Gasteiger partial charge is 0.322 e. The largest absolute Gasteiger partial charge is 0.408 e. The summed E-state index contributed by atoms with van der Waals surface area (Å²) in [5.74, 6) is 0.786. The Kier molecular flexibility index (Phi) is 2.30. The number of aromatic nitrogens is 2. The van der Waals surface area contributed by atoms with Crippen LogP contribution in [0.15, 0.2) is 16.6 Å². The van der Waals surface area contributed by atoms with Gasteiger partial charge in [0.2, 0.25) is 5.89 Å². The normalized spacial score (nSPS) is 16.1. The molecule has 0 saturated heterocycles. The first-order chi connectivity index (χ1) is 6.79. The predicted molar refractivity (Wildman–Crippen MR) is 49.7 cm³/mol.